The van der Waals surface area contributed by atoms with Crippen molar-refractivity contribution >= 4 is 28.7 Å². The lowest BCUT2D eigenvalue weighted by Crippen LogP contribution is -2.74. The fourth-order valence-electron chi connectivity index (χ4n) is 2.56. The number of β-lactam (4-membered cyclic amide) rings is 1. The summed E-state index contributed by atoms with van der Waals surface area (Å²) in [5.41, 5.74) is -0.432. The van der Waals surface area contributed by atoms with Gasteiger partial charge in [-0.05, 0) is 5.56 Å². The summed E-state index contributed by atoms with van der Waals surface area (Å²) in [7, 11) is 0. The van der Waals surface area contributed by atoms with Gasteiger partial charge in [0, 0.05) is 6.42 Å². The second-order valence-corrected chi connectivity index (χ2v) is 6.46. The number of carbonyl (C=O) groups is 2. The van der Waals surface area contributed by atoms with Gasteiger partial charge in [0.25, 0.3) is 5.91 Å². The first kappa shape index (κ1) is 15.8. The van der Waals surface area contributed by atoms with E-state index in [9.17, 15) is 14.7 Å². The molecule has 1 aromatic carbocycles. The number of thioether (sulfide) groups is 1. The number of hydrogen-bond donors (Lipinski definition) is 2. The molecule has 1 aromatic rings. The first-order chi connectivity index (χ1) is 11.1. The highest BCUT2D eigenvalue weighted by molar-refractivity contribution is 8.15. The Morgan fingerprint density at radius 3 is 2.91 bits per heavy atom. The maximum absolute atomic E-state index is 12.0. The number of amides is 1. The van der Waals surface area contributed by atoms with Crippen LogP contribution in [0.4, 0.5) is 0 Å². The van der Waals surface area contributed by atoms with Crippen LogP contribution in [0.15, 0.2) is 48.0 Å². The van der Waals surface area contributed by atoms with Crippen molar-refractivity contribution < 1.29 is 19.4 Å². The maximum atomic E-state index is 12.0. The molecule has 0 aromatic heterocycles. The molecule has 1 saturated heterocycles. The lowest BCUT2D eigenvalue weighted by atomic mass is 9.85. The number of aliphatic hydroxyl groups is 1. The van der Waals surface area contributed by atoms with Gasteiger partial charge in [0.05, 0.1) is 5.04 Å². The average molecular weight is 332 g/mol. The van der Waals surface area contributed by atoms with Gasteiger partial charge in [0.1, 0.15) is 12.0 Å². The molecule has 0 aliphatic carbocycles. The highest BCUT2D eigenvalue weighted by Crippen LogP contribution is 2.44. The van der Waals surface area contributed by atoms with Crippen LogP contribution < -0.4 is 5.32 Å². The van der Waals surface area contributed by atoms with Crippen molar-refractivity contribution in [3.63, 3.8) is 0 Å². The third-order valence-electron chi connectivity index (χ3n) is 3.77. The number of ether oxygens (including phenoxy) is 1. The Bertz CT molecular complexity index is 676. The lowest BCUT2D eigenvalue weighted by Gasteiger charge is -2.42. The number of nitrogens with one attached hydrogen (secondary N) is 1. The molecule has 3 unspecified atom stereocenters. The number of benzene rings is 1. The van der Waals surface area contributed by atoms with Crippen molar-refractivity contribution in [2.75, 3.05) is 6.61 Å². The van der Waals surface area contributed by atoms with Crippen LogP contribution in [0.3, 0.4) is 0 Å². The Balaban J connectivity index is 1.80. The smallest absolute Gasteiger partial charge is 0.338 e. The number of rotatable bonds is 6. The van der Waals surface area contributed by atoms with Crippen LogP contribution in [0, 0.1) is 0 Å². The van der Waals surface area contributed by atoms with Gasteiger partial charge >= 0.3 is 5.97 Å². The summed E-state index contributed by atoms with van der Waals surface area (Å²) in [5, 5.41) is 13.2. The fourth-order valence-corrected chi connectivity index (χ4v) is 3.92. The van der Waals surface area contributed by atoms with Crippen LogP contribution in [-0.2, 0) is 20.7 Å². The van der Waals surface area contributed by atoms with E-state index < -0.39 is 28.9 Å². The minimum absolute atomic E-state index is 0.0218. The number of fused-ring (bicyclic) bond motifs is 1. The van der Waals surface area contributed by atoms with Gasteiger partial charge in [-0.3, -0.25) is 9.79 Å². The second-order valence-electron chi connectivity index (χ2n) is 5.29. The molecule has 23 heavy (non-hydrogen) atoms. The van der Waals surface area contributed by atoms with Gasteiger partial charge in [-0.1, -0.05) is 54.7 Å². The van der Waals surface area contributed by atoms with E-state index in [1.54, 1.807) is 0 Å². The summed E-state index contributed by atoms with van der Waals surface area (Å²) in [6, 6.07) is 9.68. The summed E-state index contributed by atoms with van der Waals surface area (Å²) in [6.07, 6.45) is 0.323. The van der Waals surface area contributed by atoms with E-state index in [0.717, 1.165) is 5.56 Å². The molecule has 2 aliphatic heterocycles. The van der Waals surface area contributed by atoms with E-state index in [4.69, 9.17) is 4.74 Å². The predicted molar refractivity (Wildman–Crippen MR) is 87.0 cm³/mol. The summed E-state index contributed by atoms with van der Waals surface area (Å²) in [6.45, 7) is 3.42. The minimum atomic E-state index is -1.62. The van der Waals surface area contributed by atoms with E-state index in [-0.39, 0.29) is 6.61 Å². The van der Waals surface area contributed by atoms with Gasteiger partial charge in [0.2, 0.25) is 5.54 Å². The molecule has 1 amide bonds. The van der Waals surface area contributed by atoms with Crippen LogP contribution in [0.2, 0.25) is 0 Å². The summed E-state index contributed by atoms with van der Waals surface area (Å²) in [5.74, 6) is -1.32. The lowest BCUT2D eigenvalue weighted by molar-refractivity contribution is -0.163. The summed E-state index contributed by atoms with van der Waals surface area (Å²) in [4.78, 5) is 28.3. The Morgan fingerprint density at radius 2 is 2.26 bits per heavy atom. The first-order valence-corrected chi connectivity index (χ1v) is 8.01. The summed E-state index contributed by atoms with van der Waals surface area (Å²) < 4.78 is 4.85. The predicted octanol–water partition coefficient (Wildman–Crippen LogP) is 0.659. The standard InChI is InChI=1S/C16H16N2O4S/c1-2-8-22-13(20)12(19)16-14(21)17-15(16)23-11(18-16)9-10-6-4-3-5-7-10/h2-7,12,15,19H,1,8-9H2,(H,17,21). The van der Waals surface area contributed by atoms with E-state index in [1.807, 2.05) is 30.3 Å². The molecular weight excluding hydrogens is 316 g/mol. The first-order valence-electron chi connectivity index (χ1n) is 7.14. The molecule has 0 saturated carbocycles. The van der Waals surface area contributed by atoms with Gasteiger partial charge < -0.3 is 15.2 Å². The molecule has 2 heterocycles. The van der Waals surface area contributed by atoms with Crippen molar-refractivity contribution in [2.45, 2.75) is 23.4 Å². The number of aliphatic hydroxyl groups excluding tert-OH is 1. The molecule has 7 heteroatoms. The van der Waals surface area contributed by atoms with Crippen LogP contribution in [-0.4, -0.2) is 45.7 Å². The largest absolute Gasteiger partial charge is 0.459 e. The van der Waals surface area contributed by atoms with Crippen LogP contribution >= 0.6 is 11.8 Å². The number of aliphatic imine (C=N–C) groups is 1. The quantitative estimate of drug-likeness (QED) is 0.454. The molecule has 0 bridgehead atoms. The van der Waals surface area contributed by atoms with Crippen molar-refractivity contribution in [3.05, 3.63) is 48.6 Å². The van der Waals surface area contributed by atoms with Crippen molar-refractivity contribution in [2.24, 2.45) is 4.99 Å². The van der Waals surface area contributed by atoms with Gasteiger partial charge in [-0.2, -0.15) is 0 Å². The molecule has 2 aliphatic rings. The average Bonchev–Trinajstić information content (AvgIpc) is 2.85. The number of esters is 1. The minimum Gasteiger partial charge on any atom is -0.459 e. The fraction of sp³-hybridized carbons (Fsp3) is 0.312. The normalized spacial score (nSPS) is 26.4. The zero-order valence-corrected chi connectivity index (χ0v) is 13.1. The highest BCUT2D eigenvalue weighted by atomic mass is 32.2. The molecule has 120 valence electrons. The molecule has 3 atom stereocenters. The molecule has 3 rings (SSSR count). The SMILES string of the molecule is C=CCOC(=O)C(O)C12N=C(Cc3ccccc3)SC1NC2=O. The molecule has 6 nitrogen and oxygen atoms in total. The Morgan fingerprint density at radius 1 is 1.52 bits per heavy atom. The van der Waals surface area contributed by atoms with Gasteiger partial charge in [-0.25, -0.2) is 4.79 Å². The van der Waals surface area contributed by atoms with Crippen LogP contribution in [0.25, 0.3) is 0 Å². The third kappa shape index (κ3) is 2.66. The van der Waals surface area contributed by atoms with Crippen LogP contribution in [0.1, 0.15) is 5.56 Å². The Kier molecular flexibility index (Phi) is 4.23. The van der Waals surface area contributed by atoms with Gasteiger partial charge in [0.15, 0.2) is 6.10 Å². The van der Waals surface area contributed by atoms with E-state index in [0.29, 0.717) is 11.5 Å². The summed E-state index contributed by atoms with van der Waals surface area (Å²) >= 11 is 1.36. The monoisotopic (exact) mass is 332 g/mol. The van der Waals surface area contributed by atoms with Crippen LogP contribution in [0.5, 0.6) is 0 Å². The van der Waals surface area contributed by atoms with Gasteiger partial charge in [-0.15, -0.1) is 0 Å². The van der Waals surface area contributed by atoms with E-state index in [2.05, 4.69) is 16.9 Å². The number of nitrogens with zero attached hydrogens (tertiary/aromatic N) is 1. The third-order valence-corrected chi connectivity index (χ3v) is 4.99. The van der Waals surface area contributed by atoms with Crippen molar-refractivity contribution in [1.82, 2.24) is 5.32 Å². The van der Waals surface area contributed by atoms with E-state index >= 15 is 0 Å². The second kappa shape index (κ2) is 6.17. The zero-order chi connectivity index (χ0) is 16.4. The number of hydrogen-bond acceptors (Lipinski definition) is 6. The molecule has 2 N–H and O–H groups in total. The zero-order valence-electron chi connectivity index (χ0n) is 12.3. The highest BCUT2D eigenvalue weighted by Gasteiger charge is 2.66. The topological polar surface area (TPSA) is 88.0 Å². The van der Waals surface area contributed by atoms with Crippen molar-refractivity contribution in [1.29, 1.82) is 0 Å². The Hall–Kier alpha value is -2.12. The molecule has 0 spiro atoms. The molecular formula is C16H16N2O4S. The maximum Gasteiger partial charge on any atom is 0.338 e. The van der Waals surface area contributed by atoms with E-state index in [1.165, 1.54) is 17.8 Å². The Labute approximate surface area is 137 Å². The molecule has 1 fully saturated rings. The molecule has 0 radical (unpaired) electrons. The van der Waals surface area contributed by atoms with Crippen molar-refractivity contribution in [3.8, 4) is 0 Å². The number of carbonyl (C=O) groups excluding carboxylic acids is 2.